The Morgan fingerprint density at radius 3 is 2.03 bits per heavy atom. The zero-order valence-electron chi connectivity index (χ0n) is 16.4. The van der Waals surface area contributed by atoms with Crippen molar-refractivity contribution in [3.8, 4) is 0 Å². The molecule has 4 nitrogen and oxygen atoms in total. The highest BCUT2D eigenvalue weighted by Gasteiger charge is 2.40. The van der Waals surface area contributed by atoms with Crippen LogP contribution in [0.2, 0.25) is 5.02 Å². The number of nitrogens with one attached hydrogen (secondary N) is 1. The maximum atomic E-state index is 13.4. The van der Waals surface area contributed by atoms with E-state index in [-0.39, 0.29) is 18.2 Å². The lowest BCUT2D eigenvalue weighted by Crippen LogP contribution is -2.32. The summed E-state index contributed by atoms with van der Waals surface area (Å²) in [4.78, 5) is 15.9. The van der Waals surface area contributed by atoms with Crippen molar-refractivity contribution in [2.24, 2.45) is 0 Å². The van der Waals surface area contributed by atoms with Gasteiger partial charge in [0.05, 0.1) is 16.8 Å². The highest BCUT2D eigenvalue weighted by molar-refractivity contribution is 6.31. The number of rotatable bonds is 3. The molecule has 0 saturated heterocycles. The fourth-order valence-electron chi connectivity index (χ4n) is 3.66. The molecule has 0 amide bonds. The van der Waals surface area contributed by atoms with E-state index in [1.807, 2.05) is 5.32 Å². The summed E-state index contributed by atoms with van der Waals surface area (Å²) in [5, 5.41) is 0.632. The van der Waals surface area contributed by atoms with Gasteiger partial charge in [-0.3, -0.25) is 9.36 Å². The van der Waals surface area contributed by atoms with Crippen LogP contribution in [0.3, 0.4) is 0 Å². The third-order valence-electron chi connectivity index (χ3n) is 5.17. The fourth-order valence-corrected chi connectivity index (χ4v) is 3.90. The van der Waals surface area contributed by atoms with Crippen molar-refractivity contribution in [1.29, 1.82) is 0 Å². The first-order chi connectivity index (χ1) is 15.1. The summed E-state index contributed by atoms with van der Waals surface area (Å²) in [5.41, 5.74) is -7.47. The van der Waals surface area contributed by atoms with Gasteiger partial charge >= 0.3 is 18.5 Å². The average molecular weight is 508 g/mol. The third-order valence-corrected chi connectivity index (χ3v) is 5.51. The summed E-state index contributed by atoms with van der Waals surface area (Å²) >= 11 is 5.59. The molecule has 182 valence electrons. The molecule has 1 saturated carbocycles. The van der Waals surface area contributed by atoms with E-state index in [1.54, 1.807) is 0 Å². The van der Waals surface area contributed by atoms with Gasteiger partial charge in [-0.05, 0) is 31.0 Å². The molecule has 0 spiro atoms. The standard InChI is InChI=1S/C19H15ClF9N3O/c20-13-14(19(27,28)29)31-16(32(15(13)33)10-4-2-1-3-5-10)30-12-8-9(17(21,22)23)6-7-11(12)18(24,25)26/h6-8,10H,1-5H2,(H,30,31). The van der Waals surface area contributed by atoms with Crippen molar-refractivity contribution < 1.29 is 39.5 Å². The lowest BCUT2D eigenvalue weighted by atomic mass is 9.95. The van der Waals surface area contributed by atoms with Crippen LogP contribution >= 0.6 is 11.6 Å². The van der Waals surface area contributed by atoms with Crippen molar-refractivity contribution in [3.05, 3.63) is 50.4 Å². The SMILES string of the molecule is O=c1c(Cl)c(C(F)(F)F)nc(Nc2cc(C(F)(F)F)ccc2C(F)(F)F)n1C1CCCCC1. The first-order valence-corrected chi connectivity index (χ1v) is 9.93. The van der Waals surface area contributed by atoms with Crippen LogP contribution in [-0.4, -0.2) is 9.55 Å². The zero-order valence-corrected chi connectivity index (χ0v) is 17.2. The summed E-state index contributed by atoms with van der Waals surface area (Å²) < 4.78 is 120. The lowest BCUT2D eigenvalue weighted by molar-refractivity contribution is -0.141. The Balaban J connectivity index is 2.26. The predicted octanol–water partition coefficient (Wildman–Crippen LogP) is 7.20. The maximum Gasteiger partial charge on any atom is 0.435 e. The summed E-state index contributed by atoms with van der Waals surface area (Å²) in [6.45, 7) is 0. The van der Waals surface area contributed by atoms with Crippen LogP contribution in [0.25, 0.3) is 0 Å². The van der Waals surface area contributed by atoms with Gasteiger partial charge in [-0.1, -0.05) is 30.9 Å². The first kappa shape index (κ1) is 25.2. The molecule has 1 aromatic carbocycles. The third kappa shape index (κ3) is 5.39. The Morgan fingerprint density at radius 1 is 0.909 bits per heavy atom. The quantitative estimate of drug-likeness (QED) is 0.447. The number of benzene rings is 1. The topological polar surface area (TPSA) is 46.9 Å². The number of anilines is 2. The van der Waals surface area contributed by atoms with Gasteiger partial charge in [-0.25, -0.2) is 4.98 Å². The molecule has 1 aliphatic carbocycles. The number of halogens is 10. The van der Waals surface area contributed by atoms with Crippen molar-refractivity contribution in [2.75, 3.05) is 5.32 Å². The smallest absolute Gasteiger partial charge is 0.325 e. The maximum absolute atomic E-state index is 13.4. The van der Waals surface area contributed by atoms with Crippen LogP contribution in [0.15, 0.2) is 23.0 Å². The van der Waals surface area contributed by atoms with Crippen molar-refractivity contribution >= 4 is 23.2 Å². The minimum Gasteiger partial charge on any atom is -0.325 e. The van der Waals surface area contributed by atoms with Gasteiger partial charge < -0.3 is 5.32 Å². The number of hydrogen-bond donors (Lipinski definition) is 1. The Labute approximate surface area is 185 Å². The van der Waals surface area contributed by atoms with Crippen molar-refractivity contribution in [1.82, 2.24) is 9.55 Å². The molecular formula is C19H15ClF9N3O. The molecule has 1 aliphatic rings. The van der Waals surface area contributed by atoms with Crippen LogP contribution in [0.1, 0.15) is 55.0 Å². The Kier molecular flexibility index (Phi) is 6.66. The summed E-state index contributed by atoms with van der Waals surface area (Å²) in [6, 6.07) is -0.309. The van der Waals surface area contributed by atoms with Gasteiger partial charge in [-0.2, -0.15) is 39.5 Å². The lowest BCUT2D eigenvalue weighted by Gasteiger charge is -2.27. The molecule has 2 aromatic rings. The van der Waals surface area contributed by atoms with Crippen LogP contribution < -0.4 is 10.9 Å². The molecular weight excluding hydrogens is 493 g/mol. The second-order valence-corrected chi connectivity index (χ2v) is 7.82. The highest BCUT2D eigenvalue weighted by Crippen LogP contribution is 2.41. The molecule has 33 heavy (non-hydrogen) atoms. The van der Waals surface area contributed by atoms with E-state index in [4.69, 9.17) is 11.6 Å². The Morgan fingerprint density at radius 2 is 1.52 bits per heavy atom. The molecule has 0 atom stereocenters. The Hall–Kier alpha value is -2.44. The zero-order chi connectivity index (χ0) is 24.8. The molecule has 1 aromatic heterocycles. The summed E-state index contributed by atoms with van der Waals surface area (Å²) in [6.07, 6.45) is -12.9. The van der Waals surface area contributed by atoms with E-state index in [2.05, 4.69) is 4.98 Å². The predicted molar refractivity (Wildman–Crippen MR) is 100 cm³/mol. The van der Waals surface area contributed by atoms with E-state index < -0.39 is 63.6 Å². The van der Waals surface area contributed by atoms with Gasteiger partial charge in [0.25, 0.3) is 5.56 Å². The fraction of sp³-hybridized carbons (Fsp3) is 0.474. The van der Waals surface area contributed by atoms with Gasteiger partial charge in [0.2, 0.25) is 5.95 Å². The minimum absolute atomic E-state index is 0.0993. The van der Waals surface area contributed by atoms with Gasteiger partial charge in [0.1, 0.15) is 5.02 Å². The molecule has 0 aliphatic heterocycles. The molecule has 1 fully saturated rings. The van der Waals surface area contributed by atoms with E-state index >= 15 is 0 Å². The number of alkyl halides is 9. The van der Waals surface area contributed by atoms with Crippen LogP contribution in [-0.2, 0) is 18.5 Å². The van der Waals surface area contributed by atoms with E-state index in [0.717, 1.165) is 6.42 Å². The van der Waals surface area contributed by atoms with E-state index in [9.17, 15) is 44.3 Å². The molecule has 0 bridgehead atoms. The largest absolute Gasteiger partial charge is 0.435 e. The van der Waals surface area contributed by atoms with E-state index in [1.165, 1.54) is 0 Å². The van der Waals surface area contributed by atoms with Crippen molar-refractivity contribution in [2.45, 2.75) is 56.7 Å². The average Bonchev–Trinajstić information content (AvgIpc) is 2.69. The molecule has 1 N–H and O–H groups in total. The number of aromatic nitrogens is 2. The van der Waals surface area contributed by atoms with Crippen LogP contribution in [0, 0.1) is 0 Å². The van der Waals surface area contributed by atoms with Gasteiger partial charge in [0.15, 0.2) is 5.69 Å². The van der Waals surface area contributed by atoms with Gasteiger partial charge in [-0.15, -0.1) is 0 Å². The molecule has 0 unspecified atom stereocenters. The monoisotopic (exact) mass is 507 g/mol. The molecule has 3 rings (SSSR count). The van der Waals surface area contributed by atoms with Crippen molar-refractivity contribution in [3.63, 3.8) is 0 Å². The summed E-state index contributed by atoms with van der Waals surface area (Å²) in [7, 11) is 0. The van der Waals surface area contributed by atoms with Gasteiger partial charge in [0, 0.05) is 6.04 Å². The van der Waals surface area contributed by atoms with E-state index in [0.29, 0.717) is 30.3 Å². The Bertz CT molecular complexity index is 1080. The minimum atomic E-state index is -5.24. The number of nitrogens with zero attached hydrogens (tertiary/aromatic N) is 2. The summed E-state index contributed by atoms with van der Waals surface area (Å²) in [5.74, 6) is -0.978. The van der Waals surface area contributed by atoms with Crippen LogP contribution in [0.5, 0.6) is 0 Å². The first-order valence-electron chi connectivity index (χ1n) is 9.55. The molecule has 1 heterocycles. The normalized spacial score (nSPS) is 16.2. The molecule has 14 heteroatoms. The second kappa shape index (κ2) is 8.73. The van der Waals surface area contributed by atoms with Crippen LogP contribution in [0.4, 0.5) is 51.1 Å². The number of hydrogen-bond acceptors (Lipinski definition) is 3. The second-order valence-electron chi connectivity index (χ2n) is 7.44. The highest BCUT2D eigenvalue weighted by atomic mass is 35.5. The molecule has 0 radical (unpaired) electrons.